The van der Waals surface area contributed by atoms with Crippen LogP contribution in [0.15, 0.2) is 48.8 Å². The maximum Gasteiger partial charge on any atom is 0.359 e. The Morgan fingerprint density at radius 1 is 1.07 bits per heavy atom. The van der Waals surface area contributed by atoms with Crippen LogP contribution in [-0.2, 0) is 4.74 Å². The van der Waals surface area contributed by atoms with Crippen molar-refractivity contribution in [1.82, 2.24) is 9.97 Å². The van der Waals surface area contributed by atoms with Gasteiger partial charge in [-0.15, -0.1) is 0 Å². The average Bonchev–Trinajstić information content (AvgIpc) is 3.19. The molecular formula is C20H17ClN4O4. The minimum Gasteiger partial charge on any atom is -0.464 e. The number of nitrogens with one attached hydrogen (secondary N) is 3. The largest absolute Gasteiger partial charge is 0.464 e. The van der Waals surface area contributed by atoms with Gasteiger partial charge in [-0.2, -0.15) is 0 Å². The third-order valence-corrected chi connectivity index (χ3v) is 4.43. The Bertz CT molecular complexity index is 1090. The summed E-state index contributed by atoms with van der Waals surface area (Å²) in [6, 6.07) is 11.7. The van der Waals surface area contributed by atoms with Crippen molar-refractivity contribution in [3.63, 3.8) is 0 Å². The number of methoxy groups -OCH3 is 1. The van der Waals surface area contributed by atoms with Crippen molar-refractivity contribution >= 4 is 40.8 Å². The predicted molar refractivity (Wildman–Crippen MR) is 108 cm³/mol. The number of benzene rings is 2. The van der Waals surface area contributed by atoms with Crippen molar-refractivity contribution in [2.24, 2.45) is 0 Å². The fraction of sp³-hybridized carbons (Fsp3) is 0.100. The van der Waals surface area contributed by atoms with Gasteiger partial charge in [0, 0.05) is 11.4 Å². The zero-order valence-corrected chi connectivity index (χ0v) is 16.3. The number of aromatic amines is 1. The smallest absolute Gasteiger partial charge is 0.359 e. The lowest BCUT2D eigenvalue weighted by atomic mass is 10.1. The fourth-order valence-electron chi connectivity index (χ4n) is 2.63. The number of H-pyrrole nitrogens is 1. The van der Waals surface area contributed by atoms with Crippen molar-refractivity contribution in [1.29, 1.82) is 0 Å². The molecule has 0 aliphatic heterocycles. The molecule has 0 saturated carbocycles. The molecule has 3 aromatic rings. The molecule has 0 radical (unpaired) electrons. The van der Waals surface area contributed by atoms with E-state index in [1.165, 1.54) is 13.4 Å². The van der Waals surface area contributed by atoms with Crippen molar-refractivity contribution in [3.05, 3.63) is 76.3 Å². The average molecular weight is 413 g/mol. The Hall–Kier alpha value is -3.65. The molecule has 29 heavy (non-hydrogen) atoms. The molecule has 1 aromatic heterocycles. The third kappa shape index (κ3) is 4.44. The highest BCUT2D eigenvalue weighted by Crippen LogP contribution is 2.23. The minimum atomic E-state index is -0.717. The van der Waals surface area contributed by atoms with Crippen LogP contribution < -0.4 is 10.6 Å². The highest BCUT2D eigenvalue weighted by molar-refractivity contribution is 6.34. The van der Waals surface area contributed by atoms with E-state index in [1.54, 1.807) is 49.4 Å². The van der Waals surface area contributed by atoms with E-state index >= 15 is 0 Å². The van der Waals surface area contributed by atoms with Gasteiger partial charge in [0.05, 0.1) is 24.0 Å². The maximum absolute atomic E-state index is 12.4. The van der Waals surface area contributed by atoms with Gasteiger partial charge in [0.1, 0.15) is 5.69 Å². The van der Waals surface area contributed by atoms with Crippen LogP contribution in [0.5, 0.6) is 0 Å². The molecular weight excluding hydrogens is 396 g/mol. The quantitative estimate of drug-likeness (QED) is 0.553. The number of hydrogen-bond acceptors (Lipinski definition) is 5. The van der Waals surface area contributed by atoms with Crippen LogP contribution in [0, 0.1) is 6.92 Å². The number of carbonyl (C=O) groups is 3. The molecule has 9 heteroatoms. The Morgan fingerprint density at radius 2 is 1.83 bits per heavy atom. The molecule has 3 rings (SSSR count). The number of imidazole rings is 1. The van der Waals surface area contributed by atoms with Gasteiger partial charge in [0.25, 0.3) is 11.8 Å². The van der Waals surface area contributed by atoms with Gasteiger partial charge in [-0.05, 0) is 42.8 Å². The fourth-order valence-corrected chi connectivity index (χ4v) is 2.85. The van der Waals surface area contributed by atoms with Crippen LogP contribution >= 0.6 is 11.6 Å². The molecule has 148 valence electrons. The number of anilines is 2. The lowest BCUT2D eigenvalue weighted by Gasteiger charge is -2.12. The van der Waals surface area contributed by atoms with Crippen LogP contribution in [0.2, 0.25) is 5.02 Å². The first-order valence-corrected chi connectivity index (χ1v) is 8.88. The molecule has 0 aliphatic carbocycles. The zero-order chi connectivity index (χ0) is 21.0. The number of ether oxygens (including phenoxy) is 1. The Kier molecular flexibility index (Phi) is 5.94. The van der Waals surface area contributed by atoms with Gasteiger partial charge in [-0.3, -0.25) is 9.59 Å². The molecule has 2 aromatic carbocycles. The summed E-state index contributed by atoms with van der Waals surface area (Å²) in [5.41, 5.74) is 2.02. The molecule has 0 bridgehead atoms. The van der Waals surface area contributed by atoms with Crippen LogP contribution in [0.4, 0.5) is 11.4 Å². The normalized spacial score (nSPS) is 10.3. The Labute approximate surface area is 171 Å². The van der Waals surface area contributed by atoms with Gasteiger partial charge >= 0.3 is 5.97 Å². The maximum atomic E-state index is 12.4. The number of carbonyl (C=O) groups excluding carboxylic acids is 3. The lowest BCUT2D eigenvalue weighted by Crippen LogP contribution is -2.17. The number of halogens is 1. The van der Waals surface area contributed by atoms with E-state index in [0.717, 1.165) is 5.56 Å². The third-order valence-electron chi connectivity index (χ3n) is 4.10. The summed E-state index contributed by atoms with van der Waals surface area (Å²) in [7, 11) is 1.21. The highest BCUT2D eigenvalue weighted by Gasteiger charge is 2.21. The minimum absolute atomic E-state index is 0.00870. The molecule has 0 unspecified atom stereocenters. The first-order chi connectivity index (χ1) is 13.9. The second kappa shape index (κ2) is 8.57. The number of amides is 2. The monoisotopic (exact) mass is 412 g/mol. The molecule has 8 nitrogen and oxygen atoms in total. The highest BCUT2D eigenvalue weighted by atomic mass is 35.5. The molecule has 2 amide bonds. The van der Waals surface area contributed by atoms with E-state index in [1.807, 2.05) is 0 Å². The molecule has 1 heterocycles. The molecule has 0 atom stereocenters. The summed E-state index contributed by atoms with van der Waals surface area (Å²) in [6.07, 6.45) is 1.24. The topological polar surface area (TPSA) is 113 Å². The molecule has 0 fully saturated rings. The summed E-state index contributed by atoms with van der Waals surface area (Å²) >= 11 is 6.05. The summed E-state index contributed by atoms with van der Waals surface area (Å²) in [5.74, 6) is -1.60. The van der Waals surface area contributed by atoms with E-state index < -0.39 is 11.9 Å². The number of rotatable bonds is 5. The molecule has 0 aliphatic rings. The Balaban J connectivity index is 1.74. The number of nitrogens with zero attached hydrogens (tertiary/aromatic N) is 1. The predicted octanol–water partition coefficient (Wildman–Crippen LogP) is 3.66. The van der Waals surface area contributed by atoms with Crippen molar-refractivity contribution in [2.75, 3.05) is 17.7 Å². The van der Waals surface area contributed by atoms with Gasteiger partial charge in [0.2, 0.25) is 0 Å². The molecule has 3 N–H and O–H groups in total. The standard InChI is InChI=1S/C20H17ClN4O4/c1-11-9-12(24-19(27)16-17(20(28)29-2)23-10-22-16)7-8-15(11)25-18(26)13-5-3-4-6-14(13)21/h3-10H,1-2H3,(H,22,23)(H,24,27)(H,25,26). The first kappa shape index (κ1) is 20.1. The summed E-state index contributed by atoms with van der Waals surface area (Å²) in [5, 5.41) is 5.82. The van der Waals surface area contributed by atoms with E-state index in [9.17, 15) is 14.4 Å². The van der Waals surface area contributed by atoms with Gasteiger partial charge < -0.3 is 20.4 Å². The molecule has 0 spiro atoms. The summed E-state index contributed by atoms with van der Waals surface area (Å²) < 4.78 is 4.60. The number of aryl methyl sites for hydroxylation is 1. The second-order valence-electron chi connectivity index (χ2n) is 6.04. The summed E-state index contributed by atoms with van der Waals surface area (Å²) in [4.78, 5) is 42.9. The van der Waals surface area contributed by atoms with E-state index in [-0.39, 0.29) is 17.3 Å². The van der Waals surface area contributed by atoms with Crippen LogP contribution in [0.3, 0.4) is 0 Å². The lowest BCUT2D eigenvalue weighted by molar-refractivity contribution is 0.0591. The summed E-state index contributed by atoms with van der Waals surface area (Å²) in [6.45, 7) is 1.79. The second-order valence-corrected chi connectivity index (χ2v) is 6.44. The van der Waals surface area contributed by atoms with Gasteiger partial charge in [0.15, 0.2) is 5.69 Å². The van der Waals surface area contributed by atoms with Crippen molar-refractivity contribution in [2.45, 2.75) is 6.92 Å². The number of aromatic nitrogens is 2. The SMILES string of the molecule is COC(=O)c1nc[nH]c1C(=O)Nc1ccc(NC(=O)c2ccccc2Cl)c(C)c1. The van der Waals surface area contributed by atoms with Crippen molar-refractivity contribution < 1.29 is 19.1 Å². The number of esters is 1. The van der Waals surface area contributed by atoms with Gasteiger partial charge in [-0.25, -0.2) is 9.78 Å². The van der Waals surface area contributed by atoms with Crippen LogP contribution in [0.1, 0.15) is 36.9 Å². The van der Waals surface area contributed by atoms with Crippen LogP contribution in [0.25, 0.3) is 0 Å². The first-order valence-electron chi connectivity index (χ1n) is 8.50. The van der Waals surface area contributed by atoms with Crippen LogP contribution in [-0.4, -0.2) is 34.9 Å². The van der Waals surface area contributed by atoms with E-state index in [4.69, 9.17) is 11.6 Å². The molecule has 0 saturated heterocycles. The van der Waals surface area contributed by atoms with E-state index in [0.29, 0.717) is 22.0 Å². The Morgan fingerprint density at radius 3 is 2.52 bits per heavy atom. The van der Waals surface area contributed by atoms with Crippen molar-refractivity contribution in [3.8, 4) is 0 Å². The zero-order valence-electron chi connectivity index (χ0n) is 15.6. The number of hydrogen-bond donors (Lipinski definition) is 3. The van der Waals surface area contributed by atoms with Gasteiger partial charge in [-0.1, -0.05) is 23.7 Å². The van der Waals surface area contributed by atoms with E-state index in [2.05, 4.69) is 25.3 Å².